The van der Waals surface area contributed by atoms with Crippen molar-refractivity contribution in [2.45, 2.75) is 63.9 Å². The molecule has 1 aromatic carbocycles. The van der Waals surface area contributed by atoms with E-state index in [2.05, 4.69) is 24.4 Å². The first-order chi connectivity index (χ1) is 22.6. The van der Waals surface area contributed by atoms with Crippen LogP contribution in [-0.4, -0.2) is 98.2 Å². The average molecular weight is 703 g/mol. The Labute approximate surface area is 276 Å². The number of aliphatic hydroxyl groups excluding tert-OH is 2. The molecule has 3 aromatic rings. The molecule has 0 saturated carbocycles. The molecule has 20 heteroatoms. The largest absolute Gasteiger partial charge is 0.542 e. The van der Waals surface area contributed by atoms with Crippen LogP contribution in [0.2, 0.25) is 5.15 Å². The molecule has 5 rings (SSSR count). The summed E-state index contributed by atoms with van der Waals surface area (Å²) in [7, 11) is 0. The molecule has 2 aliphatic heterocycles. The van der Waals surface area contributed by atoms with Gasteiger partial charge in [-0.2, -0.15) is 13.2 Å². The number of imidazole rings is 1. The van der Waals surface area contributed by atoms with E-state index in [1.54, 1.807) is 6.07 Å². The molecule has 2 amide bonds. The summed E-state index contributed by atoms with van der Waals surface area (Å²) < 4.78 is 47.5. The number of rotatable bonds is 9. The summed E-state index contributed by atoms with van der Waals surface area (Å²) in [5.41, 5.74) is 13.1. The quantitative estimate of drug-likeness (QED) is 0.167. The predicted octanol–water partition coefficient (Wildman–Crippen LogP) is -1.09. The first-order valence-electron chi connectivity index (χ1n) is 14.7. The molecule has 2 fully saturated rings. The van der Waals surface area contributed by atoms with Gasteiger partial charge in [0.1, 0.15) is 24.8 Å². The van der Waals surface area contributed by atoms with Crippen LogP contribution in [0.15, 0.2) is 18.2 Å². The molecule has 2 aromatic heterocycles. The Kier molecular flexibility index (Phi) is 11.5. The molecule has 3 atom stereocenters. The minimum absolute atomic E-state index is 0.00180. The van der Waals surface area contributed by atoms with E-state index in [1.165, 1.54) is 4.90 Å². The molecule has 7 N–H and O–H groups in total. The molecule has 0 unspecified atom stereocenters. The minimum atomic E-state index is -5.19. The van der Waals surface area contributed by atoms with Crippen molar-refractivity contribution in [2.75, 3.05) is 37.8 Å². The molecule has 0 radical (unpaired) electrons. The number of nitrogens with zero attached hydrogens (tertiary/aromatic N) is 5. The number of carboxylic acid groups (broad SMARTS) is 1. The van der Waals surface area contributed by atoms with Gasteiger partial charge in [0.25, 0.3) is 17.6 Å². The lowest BCUT2D eigenvalue weighted by Crippen LogP contribution is -2.41. The molecule has 4 heterocycles. The third kappa shape index (κ3) is 8.52. The fourth-order valence-electron chi connectivity index (χ4n) is 5.26. The highest BCUT2D eigenvalue weighted by atomic mass is 35.5. The SMILES string of the molecule is CC[n+]1c(CNC(=O)c2nc(Cl)c(N)nc2N)n(C[C@@H]2CCCO2)c2cc(OCC(=O)N3C[C@@H](O)[C@H](O)C3)ccc21.O=C([O-])C(F)(F)F. The van der Waals surface area contributed by atoms with E-state index in [-0.39, 0.29) is 60.7 Å². The number of carbonyl (C=O) groups is 3. The summed E-state index contributed by atoms with van der Waals surface area (Å²) in [6, 6.07) is 5.54. The topological polar surface area (TPSA) is 235 Å². The first-order valence-corrected chi connectivity index (χ1v) is 15.1. The fraction of sp³-hybridized carbons (Fsp3) is 0.500. The first kappa shape index (κ1) is 36.4. The molecule has 262 valence electrons. The maximum Gasteiger partial charge on any atom is 0.430 e. The number of aliphatic hydroxyl groups is 2. The number of halogens is 4. The third-order valence-corrected chi connectivity index (χ3v) is 7.89. The molecule has 0 aliphatic carbocycles. The van der Waals surface area contributed by atoms with Crippen LogP contribution in [-0.2, 0) is 34.0 Å². The van der Waals surface area contributed by atoms with Crippen LogP contribution in [0.25, 0.3) is 11.0 Å². The van der Waals surface area contributed by atoms with Gasteiger partial charge in [0, 0.05) is 25.8 Å². The number of benzene rings is 1. The van der Waals surface area contributed by atoms with Crippen LogP contribution >= 0.6 is 11.6 Å². The number of amides is 2. The van der Waals surface area contributed by atoms with Crippen LogP contribution in [0, 0.1) is 0 Å². The van der Waals surface area contributed by atoms with Crippen molar-refractivity contribution in [3.63, 3.8) is 0 Å². The monoisotopic (exact) mass is 702 g/mol. The van der Waals surface area contributed by atoms with Gasteiger partial charge in [0.2, 0.25) is 0 Å². The fourth-order valence-corrected chi connectivity index (χ4v) is 5.39. The number of nitrogens with one attached hydrogen (secondary N) is 1. The number of hydrogen-bond donors (Lipinski definition) is 5. The van der Waals surface area contributed by atoms with Gasteiger partial charge < -0.3 is 51.3 Å². The van der Waals surface area contributed by atoms with Gasteiger partial charge in [-0.15, -0.1) is 0 Å². The number of β-amino-alcohol motifs (C(OH)–C–C–N with tert-alkyl or cyclic N) is 2. The van der Waals surface area contributed by atoms with Gasteiger partial charge in [-0.25, -0.2) is 19.1 Å². The molecular weight excluding hydrogens is 669 g/mol. The number of aryl methyl sites for hydroxylation is 1. The van der Waals surface area contributed by atoms with Gasteiger partial charge in [0.05, 0.1) is 24.9 Å². The van der Waals surface area contributed by atoms with Crippen molar-refractivity contribution in [3.8, 4) is 5.75 Å². The molecule has 0 bridgehead atoms. The summed E-state index contributed by atoms with van der Waals surface area (Å²) in [5, 5.41) is 31.0. The molecular formula is C28H34ClF3N8O8. The predicted molar refractivity (Wildman–Crippen MR) is 159 cm³/mol. The highest BCUT2D eigenvalue weighted by Crippen LogP contribution is 2.25. The minimum Gasteiger partial charge on any atom is -0.542 e. The number of alkyl halides is 3. The van der Waals surface area contributed by atoms with Gasteiger partial charge >= 0.3 is 6.18 Å². The zero-order valence-corrected chi connectivity index (χ0v) is 26.3. The lowest BCUT2D eigenvalue weighted by molar-refractivity contribution is -0.676. The van der Waals surface area contributed by atoms with Crippen molar-refractivity contribution in [3.05, 3.63) is 34.9 Å². The van der Waals surface area contributed by atoms with Crippen LogP contribution in [0.5, 0.6) is 5.75 Å². The van der Waals surface area contributed by atoms with Crippen molar-refractivity contribution in [1.82, 2.24) is 24.8 Å². The molecule has 48 heavy (non-hydrogen) atoms. The second kappa shape index (κ2) is 15.2. The van der Waals surface area contributed by atoms with Crippen molar-refractivity contribution in [2.24, 2.45) is 0 Å². The van der Waals surface area contributed by atoms with E-state index in [1.807, 2.05) is 19.1 Å². The highest BCUT2D eigenvalue weighted by molar-refractivity contribution is 6.31. The van der Waals surface area contributed by atoms with Crippen LogP contribution in [0.1, 0.15) is 36.1 Å². The average Bonchev–Trinajstić information content (AvgIpc) is 3.74. The Hall–Kier alpha value is -4.46. The molecule has 2 aliphatic rings. The number of ether oxygens (including phenoxy) is 2. The summed E-state index contributed by atoms with van der Waals surface area (Å²) >= 11 is 5.96. The Morgan fingerprint density at radius 2 is 1.85 bits per heavy atom. The zero-order chi connectivity index (χ0) is 35.3. The van der Waals surface area contributed by atoms with Crippen molar-refractivity contribution < 1.29 is 56.9 Å². The standard InChI is InChI=1S/C26H33ClN8O6.C2HF3O2/c1-2-34-16-6-5-14(41-13-21(38)33-11-18(36)19(37)12-33)8-17(16)35(10-15-4-3-7-40-15)20(34)9-30-26(39)22-24(28)32-25(29)23(27)31-22;3-2(4,5)1(6)7/h5-6,8,15,18-19,36-37H,2-4,7,9-13H2,1H3,(H4-,28,29,30,32,39);(H,6,7)/t15-,18+,19+;/m0./s1. The van der Waals surface area contributed by atoms with E-state index < -0.39 is 30.3 Å². The van der Waals surface area contributed by atoms with Crippen molar-refractivity contribution in [1.29, 1.82) is 0 Å². The van der Waals surface area contributed by atoms with Gasteiger partial charge in [-0.3, -0.25) is 9.59 Å². The number of aliphatic carboxylic acids is 1. The number of carbonyl (C=O) groups excluding carboxylic acids is 3. The van der Waals surface area contributed by atoms with Gasteiger partial charge in [-0.1, -0.05) is 11.6 Å². The van der Waals surface area contributed by atoms with Crippen LogP contribution in [0.3, 0.4) is 0 Å². The number of carboxylic acids is 1. The maximum atomic E-state index is 13.0. The lowest BCUT2D eigenvalue weighted by atomic mass is 10.2. The number of fused-ring (bicyclic) bond motifs is 1. The zero-order valence-electron chi connectivity index (χ0n) is 25.6. The Balaban J connectivity index is 0.000000671. The Bertz CT molecular complexity index is 1660. The number of nitrogens with two attached hydrogens (primary N) is 2. The third-order valence-electron chi connectivity index (χ3n) is 7.61. The van der Waals surface area contributed by atoms with E-state index in [0.717, 1.165) is 29.7 Å². The number of nitrogen functional groups attached to an aromatic ring is 2. The smallest absolute Gasteiger partial charge is 0.430 e. The molecule has 16 nitrogen and oxygen atoms in total. The van der Waals surface area contributed by atoms with E-state index in [9.17, 15) is 33.0 Å². The maximum absolute atomic E-state index is 13.0. The Morgan fingerprint density at radius 1 is 1.19 bits per heavy atom. The summed E-state index contributed by atoms with van der Waals surface area (Å²) in [6.45, 7) is 3.91. The van der Waals surface area contributed by atoms with Gasteiger partial charge in [0.15, 0.2) is 40.1 Å². The van der Waals surface area contributed by atoms with Crippen molar-refractivity contribution >= 4 is 52.1 Å². The molecule has 2 saturated heterocycles. The van der Waals surface area contributed by atoms with E-state index >= 15 is 0 Å². The molecule has 0 spiro atoms. The van der Waals surface area contributed by atoms with Gasteiger partial charge in [-0.05, 0) is 31.9 Å². The van der Waals surface area contributed by atoms with E-state index in [0.29, 0.717) is 25.4 Å². The number of hydrogen-bond acceptors (Lipinski definition) is 12. The summed E-state index contributed by atoms with van der Waals surface area (Å²) in [5.74, 6) is -2.77. The second-order valence-electron chi connectivity index (χ2n) is 10.9. The number of likely N-dealkylation sites (tertiary alicyclic amines) is 1. The normalized spacial score (nSPS) is 19.2. The summed E-state index contributed by atoms with van der Waals surface area (Å²) in [4.78, 5) is 43.6. The highest BCUT2D eigenvalue weighted by Gasteiger charge is 2.33. The number of aromatic nitrogens is 4. The lowest BCUT2D eigenvalue weighted by Gasteiger charge is -2.15. The van der Waals surface area contributed by atoms with Crippen LogP contribution < -0.4 is 31.2 Å². The number of anilines is 2. The Morgan fingerprint density at radius 3 is 2.44 bits per heavy atom. The van der Waals surface area contributed by atoms with E-state index in [4.69, 9.17) is 42.4 Å². The second-order valence-corrected chi connectivity index (χ2v) is 11.2. The van der Waals surface area contributed by atoms with Crippen LogP contribution in [0.4, 0.5) is 24.8 Å². The summed E-state index contributed by atoms with van der Waals surface area (Å²) in [6.07, 6.45) is -5.23.